The Morgan fingerprint density at radius 1 is 1.50 bits per heavy atom. The quantitative estimate of drug-likeness (QED) is 0.728. The van der Waals surface area contributed by atoms with Crippen LogP contribution < -0.4 is 10.9 Å². The maximum atomic E-state index is 11.5. The van der Waals surface area contributed by atoms with Crippen LogP contribution in [0.4, 0.5) is 5.95 Å². The molecule has 0 spiro atoms. The van der Waals surface area contributed by atoms with Crippen LogP contribution in [0, 0.1) is 0 Å². The van der Waals surface area contributed by atoms with Gasteiger partial charge in [0.25, 0.3) is 0 Å². The van der Waals surface area contributed by atoms with Crippen molar-refractivity contribution >= 4 is 33.0 Å². The fourth-order valence-corrected chi connectivity index (χ4v) is 1.64. The van der Waals surface area contributed by atoms with Crippen molar-refractivity contribution in [3.63, 3.8) is 0 Å². The van der Waals surface area contributed by atoms with Crippen LogP contribution >= 0.6 is 15.9 Å². The largest absolute Gasteiger partial charge is 0.359 e. The lowest BCUT2D eigenvalue weighted by Gasteiger charge is -2.05. The van der Waals surface area contributed by atoms with Gasteiger partial charge in [0.1, 0.15) is 0 Å². The van der Waals surface area contributed by atoms with Gasteiger partial charge >= 0.3 is 5.56 Å². The molecule has 6 nitrogen and oxygen atoms in total. The summed E-state index contributed by atoms with van der Waals surface area (Å²) in [5, 5.41) is 2.82. The van der Waals surface area contributed by atoms with Crippen LogP contribution in [-0.2, 0) is 7.05 Å². The van der Waals surface area contributed by atoms with Gasteiger partial charge in [0.15, 0.2) is 15.9 Å². The van der Waals surface area contributed by atoms with E-state index in [1.807, 2.05) is 0 Å². The topological polar surface area (TPSA) is 75.6 Å². The smallest absolute Gasteiger partial charge is 0.300 e. The molecule has 0 saturated carbocycles. The average Bonchev–Trinajstić information content (AvgIpc) is 2.54. The van der Waals surface area contributed by atoms with Crippen molar-refractivity contribution in [1.82, 2.24) is 19.5 Å². The standard InChI is InChI=1S/C7H8BrN5O/c1-9-7-12-5(14)3-4(13(7)2)11-6(8)10-3/h1-2H3,(H,10,11)(H,9,12,14). The van der Waals surface area contributed by atoms with E-state index < -0.39 is 0 Å². The van der Waals surface area contributed by atoms with Gasteiger partial charge in [-0.05, 0) is 15.9 Å². The highest BCUT2D eigenvalue weighted by atomic mass is 79.9. The van der Waals surface area contributed by atoms with E-state index in [9.17, 15) is 4.79 Å². The van der Waals surface area contributed by atoms with Crippen molar-refractivity contribution in [1.29, 1.82) is 0 Å². The third-order valence-corrected chi connectivity index (χ3v) is 2.31. The molecule has 0 saturated heterocycles. The summed E-state index contributed by atoms with van der Waals surface area (Å²) in [5.41, 5.74) is 0.653. The first-order chi connectivity index (χ1) is 6.63. The molecule has 0 aliphatic heterocycles. The molecule has 0 aliphatic rings. The van der Waals surface area contributed by atoms with Crippen molar-refractivity contribution < 1.29 is 0 Å². The molecule has 2 heterocycles. The Kier molecular flexibility index (Phi) is 2.03. The highest BCUT2D eigenvalue weighted by Crippen LogP contribution is 2.12. The minimum Gasteiger partial charge on any atom is -0.359 e. The number of halogens is 1. The summed E-state index contributed by atoms with van der Waals surface area (Å²) in [6, 6.07) is 0. The molecule has 7 heteroatoms. The number of aromatic amines is 1. The lowest BCUT2D eigenvalue weighted by molar-refractivity contribution is 0.896. The van der Waals surface area contributed by atoms with E-state index in [4.69, 9.17) is 0 Å². The van der Waals surface area contributed by atoms with Crippen LogP contribution in [0.15, 0.2) is 9.53 Å². The molecule has 2 N–H and O–H groups in total. The van der Waals surface area contributed by atoms with Gasteiger partial charge in [0.2, 0.25) is 5.95 Å². The van der Waals surface area contributed by atoms with Gasteiger partial charge < -0.3 is 10.3 Å². The third-order valence-electron chi connectivity index (χ3n) is 1.94. The fraction of sp³-hybridized carbons (Fsp3) is 0.286. The fourth-order valence-electron chi connectivity index (χ4n) is 1.28. The second kappa shape index (κ2) is 3.09. The first kappa shape index (κ1) is 9.20. The van der Waals surface area contributed by atoms with Crippen LogP contribution in [-0.4, -0.2) is 26.6 Å². The molecule has 74 valence electrons. The van der Waals surface area contributed by atoms with Crippen molar-refractivity contribution in [2.24, 2.45) is 7.05 Å². The molecule has 0 unspecified atom stereocenters. The molecular weight excluding hydrogens is 250 g/mol. The molecule has 0 aromatic carbocycles. The number of hydrogen-bond acceptors (Lipinski definition) is 4. The van der Waals surface area contributed by atoms with Crippen molar-refractivity contribution in [2.45, 2.75) is 0 Å². The number of fused-ring (bicyclic) bond motifs is 1. The van der Waals surface area contributed by atoms with Gasteiger partial charge in [0.05, 0.1) is 0 Å². The van der Waals surface area contributed by atoms with Crippen molar-refractivity contribution in [3.05, 3.63) is 15.1 Å². The summed E-state index contributed by atoms with van der Waals surface area (Å²) in [6.45, 7) is 0. The summed E-state index contributed by atoms with van der Waals surface area (Å²) < 4.78 is 2.23. The van der Waals surface area contributed by atoms with Crippen LogP contribution in [0.5, 0.6) is 0 Å². The van der Waals surface area contributed by atoms with E-state index in [-0.39, 0.29) is 5.56 Å². The number of nitrogens with one attached hydrogen (secondary N) is 2. The number of aromatic nitrogens is 4. The first-order valence-corrected chi connectivity index (χ1v) is 4.72. The molecule has 0 fully saturated rings. The molecule has 0 atom stereocenters. The number of H-pyrrole nitrogens is 1. The molecule has 2 rings (SSSR count). The SMILES string of the molecule is CNc1nc(=O)c2[nH]c(Br)nc2n1C. The lowest BCUT2D eigenvalue weighted by Crippen LogP contribution is -2.15. The van der Waals surface area contributed by atoms with E-state index in [2.05, 4.69) is 36.2 Å². The molecular formula is C7H8BrN5O. The second-order valence-corrected chi connectivity index (χ2v) is 3.53. The first-order valence-electron chi connectivity index (χ1n) is 3.93. The zero-order chi connectivity index (χ0) is 10.3. The Bertz CT molecular complexity index is 543. The lowest BCUT2D eigenvalue weighted by atomic mass is 10.5. The second-order valence-electron chi connectivity index (χ2n) is 2.78. The van der Waals surface area contributed by atoms with E-state index in [0.29, 0.717) is 21.8 Å². The average molecular weight is 258 g/mol. The van der Waals surface area contributed by atoms with Crippen LogP contribution in [0.2, 0.25) is 0 Å². The number of nitrogens with zero attached hydrogens (tertiary/aromatic N) is 3. The van der Waals surface area contributed by atoms with Crippen LogP contribution in [0.25, 0.3) is 11.2 Å². The zero-order valence-electron chi connectivity index (χ0n) is 7.63. The van der Waals surface area contributed by atoms with Gasteiger partial charge in [-0.15, -0.1) is 0 Å². The van der Waals surface area contributed by atoms with Crippen molar-refractivity contribution in [2.75, 3.05) is 12.4 Å². The highest BCUT2D eigenvalue weighted by Gasteiger charge is 2.10. The minimum atomic E-state index is -0.319. The summed E-state index contributed by atoms with van der Waals surface area (Å²) in [5.74, 6) is 0.488. The predicted octanol–water partition coefficient (Wildman–Crippen LogP) is 0.461. The molecule has 2 aromatic rings. The summed E-state index contributed by atoms with van der Waals surface area (Å²) >= 11 is 3.17. The monoisotopic (exact) mass is 257 g/mol. The number of rotatable bonds is 1. The normalized spacial score (nSPS) is 10.8. The molecule has 0 aliphatic carbocycles. The van der Waals surface area contributed by atoms with E-state index in [1.165, 1.54) is 0 Å². The maximum Gasteiger partial charge on any atom is 0.300 e. The van der Waals surface area contributed by atoms with Gasteiger partial charge in [-0.2, -0.15) is 4.98 Å². The van der Waals surface area contributed by atoms with Gasteiger partial charge in [-0.1, -0.05) is 0 Å². The van der Waals surface area contributed by atoms with Crippen LogP contribution in [0.3, 0.4) is 0 Å². The number of hydrogen-bond donors (Lipinski definition) is 2. The Morgan fingerprint density at radius 3 is 2.86 bits per heavy atom. The maximum absolute atomic E-state index is 11.5. The highest BCUT2D eigenvalue weighted by molar-refractivity contribution is 9.10. The number of anilines is 1. The zero-order valence-corrected chi connectivity index (χ0v) is 9.21. The third kappa shape index (κ3) is 1.20. The van der Waals surface area contributed by atoms with Gasteiger partial charge in [-0.3, -0.25) is 9.36 Å². The molecule has 0 amide bonds. The molecule has 14 heavy (non-hydrogen) atoms. The molecule has 0 bridgehead atoms. The van der Waals surface area contributed by atoms with Gasteiger partial charge in [-0.25, -0.2) is 4.98 Å². The Labute approximate surface area is 87.5 Å². The van der Waals surface area contributed by atoms with E-state index in [1.54, 1.807) is 18.7 Å². The molecule has 2 aromatic heterocycles. The Hall–Kier alpha value is -1.37. The minimum absolute atomic E-state index is 0.319. The summed E-state index contributed by atoms with van der Waals surface area (Å²) in [7, 11) is 3.49. The van der Waals surface area contributed by atoms with Gasteiger partial charge in [0, 0.05) is 14.1 Å². The Balaban J connectivity index is 2.93. The van der Waals surface area contributed by atoms with Crippen LogP contribution in [0.1, 0.15) is 0 Å². The summed E-state index contributed by atoms with van der Waals surface area (Å²) in [6.07, 6.45) is 0. The summed E-state index contributed by atoms with van der Waals surface area (Å²) in [4.78, 5) is 22.2. The van der Waals surface area contributed by atoms with Crippen molar-refractivity contribution in [3.8, 4) is 0 Å². The number of imidazole rings is 1. The Morgan fingerprint density at radius 2 is 2.21 bits per heavy atom. The molecule has 0 radical (unpaired) electrons. The van der Waals surface area contributed by atoms with E-state index >= 15 is 0 Å². The predicted molar refractivity (Wildman–Crippen MR) is 56.4 cm³/mol. The van der Waals surface area contributed by atoms with E-state index in [0.717, 1.165) is 0 Å². The number of aryl methyl sites for hydroxylation is 1.